The Labute approximate surface area is 62.3 Å². The Morgan fingerprint density at radius 2 is 2.55 bits per heavy atom. The summed E-state index contributed by atoms with van der Waals surface area (Å²) in [6.45, 7) is 0. The zero-order valence-electron chi connectivity index (χ0n) is 5.51. The lowest BCUT2D eigenvalue weighted by atomic mass is 10.2. The van der Waals surface area contributed by atoms with Gasteiger partial charge in [0.15, 0.2) is 6.29 Å². The highest BCUT2D eigenvalue weighted by molar-refractivity contribution is 5.82. The number of hydrogen-bond acceptors (Lipinski definition) is 3. The normalized spacial score (nSPS) is 8.36. The quantitative estimate of drug-likeness (QED) is 0.277. The first kappa shape index (κ1) is 7.24. The van der Waals surface area contributed by atoms with Gasteiger partial charge >= 0.3 is 0 Å². The fraction of sp³-hybridized carbons (Fsp3) is 0. The van der Waals surface area contributed by atoms with Crippen LogP contribution in [0.2, 0.25) is 0 Å². The van der Waals surface area contributed by atoms with Gasteiger partial charge in [0.25, 0.3) is 0 Å². The zero-order valence-corrected chi connectivity index (χ0v) is 5.51. The number of rotatable bonds is 2. The molecule has 5 nitrogen and oxygen atoms in total. The van der Waals surface area contributed by atoms with Crippen LogP contribution >= 0.6 is 0 Å². The molecule has 0 saturated carbocycles. The van der Waals surface area contributed by atoms with Gasteiger partial charge in [-0.15, -0.1) is 0 Å². The Bertz CT molecular complexity index is 316. The van der Waals surface area contributed by atoms with Gasteiger partial charge < -0.3 is 0 Å². The van der Waals surface area contributed by atoms with Crippen LogP contribution in [-0.2, 0) is 0 Å². The minimum absolute atomic E-state index is 0.255. The average Bonchev–Trinajstić information content (AvgIpc) is 2.06. The number of carbonyl (C=O) groups excluding carboxylic acids is 1. The van der Waals surface area contributed by atoms with Gasteiger partial charge in [0.05, 0.1) is 5.69 Å². The van der Waals surface area contributed by atoms with Crippen molar-refractivity contribution in [3.05, 3.63) is 34.5 Å². The number of aromatic nitrogens is 1. The minimum Gasteiger partial charge on any atom is -0.298 e. The summed E-state index contributed by atoms with van der Waals surface area (Å²) in [5, 5.41) is 3.26. The molecule has 1 aromatic heterocycles. The van der Waals surface area contributed by atoms with E-state index in [2.05, 4.69) is 15.0 Å². The molecular weight excluding hydrogens is 144 g/mol. The van der Waals surface area contributed by atoms with Crippen molar-refractivity contribution in [1.29, 1.82) is 0 Å². The molecule has 1 rings (SSSR count). The summed E-state index contributed by atoms with van der Waals surface area (Å²) in [7, 11) is 0. The maximum atomic E-state index is 10.3. The molecule has 0 radical (unpaired) electrons. The van der Waals surface area contributed by atoms with E-state index >= 15 is 0 Å². The number of pyridine rings is 1. The standard InChI is InChI=1S/C6H4N4O/c7-10-9-6-3-8-2-1-5(6)4-11/h1-4H. The minimum atomic E-state index is 0.255. The van der Waals surface area contributed by atoms with Gasteiger partial charge in [-0.3, -0.25) is 9.78 Å². The van der Waals surface area contributed by atoms with Gasteiger partial charge in [0.2, 0.25) is 0 Å². The van der Waals surface area contributed by atoms with Crippen LogP contribution in [0.25, 0.3) is 10.4 Å². The Balaban J connectivity index is 3.21. The van der Waals surface area contributed by atoms with Crippen molar-refractivity contribution in [3.63, 3.8) is 0 Å². The van der Waals surface area contributed by atoms with Gasteiger partial charge in [-0.05, 0) is 11.6 Å². The monoisotopic (exact) mass is 148 g/mol. The first-order valence-electron chi connectivity index (χ1n) is 2.83. The number of nitrogens with zero attached hydrogens (tertiary/aromatic N) is 4. The molecule has 0 spiro atoms. The highest BCUT2D eigenvalue weighted by Gasteiger charge is 1.95. The second kappa shape index (κ2) is 3.34. The fourth-order valence-corrected chi connectivity index (χ4v) is 0.628. The molecule has 0 bridgehead atoms. The summed E-state index contributed by atoms with van der Waals surface area (Å²) >= 11 is 0. The van der Waals surface area contributed by atoms with Crippen LogP contribution in [0.1, 0.15) is 10.4 Å². The van der Waals surface area contributed by atoms with E-state index in [1.165, 1.54) is 18.5 Å². The Morgan fingerprint density at radius 3 is 3.18 bits per heavy atom. The van der Waals surface area contributed by atoms with Gasteiger partial charge in [-0.1, -0.05) is 5.11 Å². The molecular formula is C6H4N4O. The summed E-state index contributed by atoms with van der Waals surface area (Å²) in [6, 6.07) is 1.48. The summed E-state index contributed by atoms with van der Waals surface area (Å²) in [5.74, 6) is 0. The third-order valence-corrected chi connectivity index (χ3v) is 1.11. The Kier molecular flexibility index (Phi) is 2.20. The van der Waals surface area contributed by atoms with Gasteiger partial charge in [-0.25, -0.2) is 0 Å². The van der Waals surface area contributed by atoms with Crippen LogP contribution in [0.15, 0.2) is 23.6 Å². The highest BCUT2D eigenvalue weighted by Crippen LogP contribution is 2.14. The predicted octanol–water partition coefficient (Wildman–Crippen LogP) is 1.84. The molecule has 1 aromatic rings. The first-order chi connectivity index (χ1) is 5.38. The summed E-state index contributed by atoms with van der Waals surface area (Å²) in [5.41, 5.74) is 8.65. The van der Waals surface area contributed by atoms with Crippen molar-refractivity contribution >= 4 is 12.0 Å². The molecule has 0 N–H and O–H groups in total. The SMILES string of the molecule is [N-]=[N+]=Nc1cnccc1C=O. The van der Waals surface area contributed by atoms with E-state index in [1.54, 1.807) is 0 Å². The molecule has 0 fully saturated rings. The summed E-state index contributed by atoms with van der Waals surface area (Å²) in [4.78, 5) is 16.5. The second-order valence-electron chi connectivity index (χ2n) is 1.74. The van der Waals surface area contributed by atoms with E-state index < -0.39 is 0 Å². The molecule has 1 heterocycles. The fourth-order valence-electron chi connectivity index (χ4n) is 0.628. The molecule has 0 unspecified atom stereocenters. The lowest BCUT2D eigenvalue weighted by Gasteiger charge is -1.92. The predicted molar refractivity (Wildman–Crippen MR) is 38.4 cm³/mol. The lowest BCUT2D eigenvalue weighted by molar-refractivity contribution is 0.112. The highest BCUT2D eigenvalue weighted by atomic mass is 16.1. The molecule has 0 saturated heterocycles. The Hall–Kier alpha value is -1.87. The average molecular weight is 148 g/mol. The van der Waals surface area contributed by atoms with Gasteiger partial charge in [0.1, 0.15) is 0 Å². The zero-order chi connectivity index (χ0) is 8.10. The third-order valence-electron chi connectivity index (χ3n) is 1.11. The molecule has 0 aromatic carbocycles. The van der Waals surface area contributed by atoms with E-state index in [9.17, 15) is 4.79 Å². The number of hydrogen-bond donors (Lipinski definition) is 0. The molecule has 5 heteroatoms. The molecule has 11 heavy (non-hydrogen) atoms. The third kappa shape index (κ3) is 1.53. The first-order valence-corrected chi connectivity index (χ1v) is 2.83. The molecule has 0 amide bonds. The van der Waals surface area contributed by atoms with Crippen LogP contribution in [0.3, 0.4) is 0 Å². The van der Waals surface area contributed by atoms with E-state index in [0.717, 1.165) is 0 Å². The Morgan fingerprint density at radius 1 is 1.73 bits per heavy atom. The summed E-state index contributed by atoms with van der Waals surface area (Å²) in [6.07, 6.45) is 3.41. The van der Waals surface area contributed by atoms with Crippen molar-refractivity contribution in [1.82, 2.24) is 4.98 Å². The van der Waals surface area contributed by atoms with Crippen LogP contribution in [0, 0.1) is 0 Å². The van der Waals surface area contributed by atoms with Crippen molar-refractivity contribution < 1.29 is 4.79 Å². The van der Waals surface area contributed by atoms with E-state index in [-0.39, 0.29) is 5.69 Å². The van der Waals surface area contributed by atoms with Crippen LogP contribution in [-0.4, -0.2) is 11.3 Å². The molecule has 0 aliphatic rings. The van der Waals surface area contributed by atoms with Gasteiger partial charge in [-0.2, -0.15) is 0 Å². The number of azide groups is 1. The molecule has 0 atom stereocenters. The van der Waals surface area contributed by atoms with Crippen LogP contribution in [0.5, 0.6) is 0 Å². The lowest BCUT2D eigenvalue weighted by Crippen LogP contribution is -1.80. The molecule has 54 valence electrons. The van der Waals surface area contributed by atoms with Crippen molar-refractivity contribution in [3.8, 4) is 0 Å². The van der Waals surface area contributed by atoms with Crippen LogP contribution in [0.4, 0.5) is 5.69 Å². The van der Waals surface area contributed by atoms with Crippen molar-refractivity contribution in [2.24, 2.45) is 5.11 Å². The topological polar surface area (TPSA) is 78.7 Å². The van der Waals surface area contributed by atoms with Crippen molar-refractivity contribution in [2.75, 3.05) is 0 Å². The number of carbonyl (C=O) groups is 1. The molecule has 0 aliphatic carbocycles. The van der Waals surface area contributed by atoms with E-state index in [0.29, 0.717) is 11.8 Å². The van der Waals surface area contributed by atoms with E-state index in [4.69, 9.17) is 5.53 Å². The molecule has 0 aliphatic heterocycles. The largest absolute Gasteiger partial charge is 0.298 e. The van der Waals surface area contributed by atoms with Crippen molar-refractivity contribution in [2.45, 2.75) is 0 Å². The van der Waals surface area contributed by atoms with E-state index in [1.807, 2.05) is 0 Å². The summed E-state index contributed by atoms with van der Waals surface area (Å²) < 4.78 is 0. The maximum absolute atomic E-state index is 10.3. The second-order valence-corrected chi connectivity index (χ2v) is 1.74. The van der Waals surface area contributed by atoms with Gasteiger partial charge in [0, 0.05) is 22.9 Å². The smallest absolute Gasteiger partial charge is 0.150 e. The maximum Gasteiger partial charge on any atom is 0.150 e. The van der Waals surface area contributed by atoms with Crippen LogP contribution < -0.4 is 0 Å². The number of aldehydes is 1.